The maximum Gasteiger partial charge on any atom is 0.155 e. The molecule has 5 nitrogen and oxygen atoms in total. The summed E-state index contributed by atoms with van der Waals surface area (Å²) < 4.78 is 5.91. The molecule has 1 N–H and O–H groups in total. The number of aromatic amines is 1. The van der Waals surface area contributed by atoms with Crippen LogP contribution in [0.25, 0.3) is 0 Å². The Kier molecular flexibility index (Phi) is 3.95. The molecule has 0 radical (unpaired) electrons. The highest BCUT2D eigenvalue weighted by Gasteiger charge is 2.37. The number of aromatic nitrogens is 3. The molecule has 1 aromatic rings. The van der Waals surface area contributed by atoms with Gasteiger partial charge in [0.25, 0.3) is 0 Å². The molecule has 1 saturated heterocycles. The number of rotatable bonds is 5. The van der Waals surface area contributed by atoms with Gasteiger partial charge < -0.3 is 4.74 Å². The molecule has 22 heavy (non-hydrogen) atoms. The molecule has 0 spiro atoms. The minimum Gasteiger partial charge on any atom is -0.377 e. The monoisotopic (exact) mass is 304 g/mol. The zero-order chi connectivity index (χ0) is 15.0. The molecule has 2 aliphatic carbocycles. The topological polar surface area (TPSA) is 54.0 Å². The fourth-order valence-electron chi connectivity index (χ4n) is 4.27. The number of piperidine rings is 1. The number of H-pyrrole nitrogens is 1. The predicted octanol–water partition coefficient (Wildman–Crippen LogP) is 2.82. The van der Waals surface area contributed by atoms with Gasteiger partial charge in [0.05, 0.1) is 5.60 Å². The molecule has 4 rings (SSSR count). The summed E-state index contributed by atoms with van der Waals surface area (Å²) >= 11 is 0. The van der Waals surface area contributed by atoms with Gasteiger partial charge in [-0.25, -0.2) is 4.98 Å². The summed E-state index contributed by atoms with van der Waals surface area (Å²) in [5, 5.41) is 7.68. The second-order valence-electron chi connectivity index (χ2n) is 7.52. The summed E-state index contributed by atoms with van der Waals surface area (Å²) in [7, 11) is 1.89. The Morgan fingerprint density at radius 1 is 1.18 bits per heavy atom. The van der Waals surface area contributed by atoms with Crippen LogP contribution in [0.2, 0.25) is 0 Å². The molecule has 2 saturated carbocycles. The van der Waals surface area contributed by atoms with Crippen molar-refractivity contribution in [2.45, 2.75) is 68.8 Å². The van der Waals surface area contributed by atoms with Crippen molar-refractivity contribution in [1.82, 2.24) is 20.1 Å². The van der Waals surface area contributed by atoms with Crippen LogP contribution in [0.4, 0.5) is 0 Å². The average Bonchev–Trinajstić information content (AvgIpc) is 3.10. The first-order chi connectivity index (χ1) is 10.8. The number of nitrogens with one attached hydrogen (secondary N) is 1. The smallest absolute Gasteiger partial charge is 0.155 e. The van der Waals surface area contributed by atoms with E-state index in [4.69, 9.17) is 9.72 Å². The van der Waals surface area contributed by atoms with Crippen LogP contribution in [-0.2, 0) is 4.74 Å². The van der Waals surface area contributed by atoms with Crippen LogP contribution in [0.5, 0.6) is 0 Å². The predicted molar refractivity (Wildman–Crippen MR) is 85.0 cm³/mol. The molecule has 2 heterocycles. The molecule has 0 bridgehead atoms. The molecule has 3 fully saturated rings. The Morgan fingerprint density at radius 3 is 2.73 bits per heavy atom. The second-order valence-corrected chi connectivity index (χ2v) is 7.52. The van der Waals surface area contributed by atoms with Crippen molar-refractivity contribution in [3.05, 3.63) is 11.6 Å². The third kappa shape index (κ3) is 2.93. The number of nitrogens with zero attached hydrogens (tertiary/aromatic N) is 3. The van der Waals surface area contributed by atoms with E-state index in [1.54, 1.807) is 0 Å². The van der Waals surface area contributed by atoms with Gasteiger partial charge in [0.1, 0.15) is 5.82 Å². The summed E-state index contributed by atoms with van der Waals surface area (Å²) in [6.45, 7) is 3.37. The van der Waals surface area contributed by atoms with Crippen molar-refractivity contribution in [1.29, 1.82) is 0 Å². The van der Waals surface area contributed by atoms with E-state index >= 15 is 0 Å². The maximum atomic E-state index is 5.91. The number of likely N-dealkylation sites (tertiary alicyclic amines) is 1. The van der Waals surface area contributed by atoms with Gasteiger partial charge in [0, 0.05) is 32.0 Å². The van der Waals surface area contributed by atoms with Crippen LogP contribution in [0.1, 0.15) is 74.9 Å². The lowest BCUT2D eigenvalue weighted by Crippen LogP contribution is -2.46. The SMILES string of the molecule is COC1(CN2CCCC(c3n[nH]c(C4CC4)n3)C2)CCCC1. The van der Waals surface area contributed by atoms with Crippen LogP contribution < -0.4 is 0 Å². The maximum absolute atomic E-state index is 5.91. The van der Waals surface area contributed by atoms with E-state index in [2.05, 4.69) is 15.1 Å². The summed E-state index contributed by atoms with van der Waals surface area (Å²) in [5.74, 6) is 3.32. The lowest BCUT2D eigenvalue weighted by atomic mass is 9.94. The van der Waals surface area contributed by atoms with E-state index in [9.17, 15) is 0 Å². The van der Waals surface area contributed by atoms with E-state index in [0.29, 0.717) is 11.8 Å². The highest BCUT2D eigenvalue weighted by atomic mass is 16.5. The number of methoxy groups -OCH3 is 1. The normalized spacial score (nSPS) is 29.0. The van der Waals surface area contributed by atoms with E-state index in [1.807, 2.05) is 7.11 Å². The second kappa shape index (κ2) is 5.93. The van der Waals surface area contributed by atoms with Gasteiger partial charge in [0.2, 0.25) is 0 Å². The van der Waals surface area contributed by atoms with Crippen molar-refractivity contribution in [3.63, 3.8) is 0 Å². The van der Waals surface area contributed by atoms with E-state index in [0.717, 1.165) is 24.7 Å². The Hall–Kier alpha value is -0.940. The highest BCUT2D eigenvalue weighted by Crippen LogP contribution is 2.39. The highest BCUT2D eigenvalue weighted by molar-refractivity contribution is 5.08. The van der Waals surface area contributed by atoms with Crippen LogP contribution >= 0.6 is 0 Å². The molecule has 5 heteroatoms. The molecule has 122 valence electrons. The number of ether oxygens (including phenoxy) is 1. The standard InChI is InChI=1S/C17H28N4O/c1-22-17(8-2-3-9-17)12-21-10-4-5-14(11-21)16-18-15(19-20-16)13-6-7-13/h13-14H,2-12H2,1H3,(H,18,19,20). The number of hydrogen-bond donors (Lipinski definition) is 1. The van der Waals surface area contributed by atoms with Crippen LogP contribution in [-0.4, -0.2) is 52.4 Å². The van der Waals surface area contributed by atoms with Gasteiger partial charge in [-0.05, 0) is 45.1 Å². The largest absolute Gasteiger partial charge is 0.377 e. The van der Waals surface area contributed by atoms with Gasteiger partial charge in [-0.2, -0.15) is 5.10 Å². The summed E-state index contributed by atoms with van der Waals surface area (Å²) in [6, 6.07) is 0. The first-order valence-corrected chi connectivity index (χ1v) is 8.98. The molecular formula is C17H28N4O. The van der Waals surface area contributed by atoms with Crippen LogP contribution in [0.3, 0.4) is 0 Å². The number of hydrogen-bond acceptors (Lipinski definition) is 4. The summed E-state index contributed by atoms with van der Waals surface area (Å²) in [5.41, 5.74) is 0.111. The Balaban J connectivity index is 1.40. The molecule has 3 aliphatic rings. The molecule has 0 aromatic carbocycles. The van der Waals surface area contributed by atoms with Gasteiger partial charge in [-0.1, -0.05) is 12.8 Å². The minimum atomic E-state index is 0.111. The van der Waals surface area contributed by atoms with Crippen molar-refractivity contribution >= 4 is 0 Å². The van der Waals surface area contributed by atoms with E-state index in [1.165, 1.54) is 57.9 Å². The summed E-state index contributed by atoms with van der Waals surface area (Å²) in [4.78, 5) is 7.37. The fourth-order valence-corrected chi connectivity index (χ4v) is 4.27. The Labute approximate surface area is 132 Å². The first kappa shape index (κ1) is 14.6. The zero-order valence-corrected chi connectivity index (χ0v) is 13.7. The Morgan fingerprint density at radius 2 is 2.00 bits per heavy atom. The van der Waals surface area contributed by atoms with Crippen LogP contribution in [0.15, 0.2) is 0 Å². The zero-order valence-electron chi connectivity index (χ0n) is 13.7. The van der Waals surface area contributed by atoms with Gasteiger partial charge >= 0.3 is 0 Å². The molecule has 1 aromatic heterocycles. The molecule has 1 aliphatic heterocycles. The van der Waals surface area contributed by atoms with Crippen molar-refractivity contribution in [2.24, 2.45) is 0 Å². The van der Waals surface area contributed by atoms with E-state index < -0.39 is 0 Å². The van der Waals surface area contributed by atoms with Gasteiger partial charge in [-0.3, -0.25) is 10.00 Å². The van der Waals surface area contributed by atoms with E-state index in [-0.39, 0.29) is 5.60 Å². The molecular weight excluding hydrogens is 276 g/mol. The fraction of sp³-hybridized carbons (Fsp3) is 0.882. The quantitative estimate of drug-likeness (QED) is 0.909. The first-order valence-electron chi connectivity index (χ1n) is 8.98. The van der Waals surface area contributed by atoms with Crippen molar-refractivity contribution in [2.75, 3.05) is 26.7 Å². The minimum absolute atomic E-state index is 0.111. The Bertz CT molecular complexity index is 505. The van der Waals surface area contributed by atoms with Crippen LogP contribution in [0, 0.1) is 0 Å². The third-order valence-electron chi connectivity index (χ3n) is 5.81. The lowest BCUT2D eigenvalue weighted by molar-refractivity contribution is -0.0362. The molecule has 0 amide bonds. The molecule has 1 atom stereocenters. The third-order valence-corrected chi connectivity index (χ3v) is 5.81. The molecule has 1 unspecified atom stereocenters. The van der Waals surface area contributed by atoms with Gasteiger partial charge in [0.15, 0.2) is 5.82 Å². The average molecular weight is 304 g/mol. The lowest BCUT2D eigenvalue weighted by Gasteiger charge is -2.38. The van der Waals surface area contributed by atoms with Gasteiger partial charge in [-0.15, -0.1) is 0 Å². The van der Waals surface area contributed by atoms with Crippen molar-refractivity contribution < 1.29 is 4.74 Å². The summed E-state index contributed by atoms with van der Waals surface area (Å²) in [6.07, 6.45) is 10.1. The van der Waals surface area contributed by atoms with Crippen molar-refractivity contribution in [3.8, 4) is 0 Å².